The summed E-state index contributed by atoms with van der Waals surface area (Å²) < 4.78 is 0. The van der Waals surface area contributed by atoms with Crippen LogP contribution in [0.25, 0.3) is 0 Å². The topological polar surface area (TPSA) is 98.7 Å². The molecule has 8 heteroatoms. The van der Waals surface area contributed by atoms with E-state index in [4.69, 9.17) is 11.6 Å². The average Bonchev–Trinajstić information content (AvgIpc) is 2.89. The third-order valence-corrected chi connectivity index (χ3v) is 5.41. The van der Waals surface area contributed by atoms with Gasteiger partial charge < -0.3 is 15.7 Å². The van der Waals surface area contributed by atoms with Gasteiger partial charge in [-0.25, -0.2) is 9.59 Å². The molecule has 1 heterocycles. The van der Waals surface area contributed by atoms with E-state index < -0.39 is 17.4 Å². The van der Waals surface area contributed by atoms with E-state index in [9.17, 15) is 19.5 Å². The van der Waals surface area contributed by atoms with Crippen LogP contribution in [-0.4, -0.2) is 41.6 Å². The summed E-state index contributed by atoms with van der Waals surface area (Å²) in [6.07, 6.45) is 4.25. The Morgan fingerprint density at radius 3 is 2.46 bits per heavy atom. The normalized spacial score (nSPS) is 19.6. The van der Waals surface area contributed by atoms with Crippen molar-refractivity contribution in [1.29, 1.82) is 0 Å². The summed E-state index contributed by atoms with van der Waals surface area (Å²) in [5.41, 5.74) is -0.536. The van der Waals surface area contributed by atoms with Gasteiger partial charge in [0.05, 0.1) is 10.6 Å². The van der Waals surface area contributed by atoms with Gasteiger partial charge in [-0.15, -0.1) is 0 Å². The van der Waals surface area contributed by atoms with E-state index in [1.165, 1.54) is 11.0 Å². The molecule has 1 aromatic rings. The Morgan fingerprint density at radius 1 is 1.19 bits per heavy atom. The quantitative estimate of drug-likeness (QED) is 0.700. The molecular formula is C18H22ClN3O4. The summed E-state index contributed by atoms with van der Waals surface area (Å²) in [5, 5.41) is 15.4. The van der Waals surface area contributed by atoms with E-state index in [0.29, 0.717) is 31.6 Å². The van der Waals surface area contributed by atoms with Crippen LogP contribution in [0, 0.1) is 0 Å². The van der Waals surface area contributed by atoms with Crippen molar-refractivity contribution in [1.82, 2.24) is 10.6 Å². The molecule has 7 nitrogen and oxygen atoms in total. The summed E-state index contributed by atoms with van der Waals surface area (Å²) in [6.45, 7) is 1.03. The molecule has 1 aromatic carbocycles. The van der Waals surface area contributed by atoms with Crippen LogP contribution < -0.4 is 15.5 Å². The number of carbonyl (C=O) groups is 3. The van der Waals surface area contributed by atoms with Gasteiger partial charge in [-0.05, 0) is 31.0 Å². The number of urea groups is 1. The fraction of sp³-hybridized carbons (Fsp3) is 0.500. The number of benzene rings is 1. The summed E-state index contributed by atoms with van der Waals surface area (Å²) in [5.74, 6) is -1.54. The van der Waals surface area contributed by atoms with Crippen LogP contribution in [-0.2, 0) is 4.79 Å². The van der Waals surface area contributed by atoms with Crippen molar-refractivity contribution in [2.75, 3.05) is 18.0 Å². The fourth-order valence-electron chi connectivity index (χ4n) is 3.58. The number of nitrogens with one attached hydrogen (secondary N) is 2. The molecular weight excluding hydrogens is 358 g/mol. The maximum Gasteiger partial charge on any atom is 0.329 e. The number of rotatable bonds is 4. The van der Waals surface area contributed by atoms with Gasteiger partial charge in [-0.1, -0.05) is 37.3 Å². The van der Waals surface area contributed by atoms with Crippen LogP contribution in [0.15, 0.2) is 18.2 Å². The fourth-order valence-corrected chi connectivity index (χ4v) is 3.79. The van der Waals surface area contributed by atoms with E-state index in [2.05, 4.69) is 10.6 Å². The lowest BCUT2D eigenvalue weighted by Crippen LogP contribution is -2.54. The molecule has 3 N–H and O–H groups in total. The Bertz CT molecular complexity index is 729. The van der Waals surface area contributed by atoms with Crippen molar-refractivity contribution in [3.05, 3.63) is 28.8 Å². The van der Waals surface area contributed by atoms with Crippen molar-refractivity contribution in [3.8, 4) is 0 Å². The second kappa shape index (κ2) is 7.53. The molecule has 2 fully saturated rings. The lowest BCUT2D eigenvalue weighted by molar-refractivity contribution is -0.145. The van der Waals surface area contributed by atoms with Gasteiger partial charge in [0.25, 0.3) is 5.91 Å². The third kappa shape index (κ3) is 3.62. The number of anilines is 1. The van der Waals surface area contributed by atoms with Crippen LogP contribution in [0.4, 0.5) is 10.5 Å². The highest BCUT2D eigenvalue weighted by Gasteiger charge is 2.40. The third-order valence-electron chi connectivity index (χ3n) is 5.08. The Balaban J connectivity index is 1.86. The molecule has 3 amide bonds. The molecule has 0 unspecified atom stereocenters. The average molecular weight is 380 g/mol. The van der Waals surface area contributed by atoms with E-state index in [1.807, 2.05) is 0 Å². The minimum absolute atomic E-state index is 0.175. The zero-order valence-corrected chi connectivity index (χ0v) is 15.1. The van der Waals surface area contributed by atoms with Gasteiger partial charge in [0.2, 0.25) is 0 Å². The Hall–Kier alpha value is -2.28. The summed E-state index contributed by atoms with van der Waals surface area (Å²) in [4.78, 5) is 38.1. The molecule has 0 spiro atoms. The predicted molar refractivity (Wildman–Crippen MR) is 97.7 cm³/mol. The maximum atomic E-state index is 12.8. The first-order valence-corrected chi connectivity index (χ1v) is 9.22. The predicted octanol–water partition coefficient (Wildman–Crippen LogP) is 2.78. The lowest BCUT2D eigenvalue weighted by Gasteiger charge is -2.29. The van der Waals surface area contributed by atoms with Crippen LogP contribution >= 0.6 is 11.6 Å². The maximum absolute atomic E-state index is 12.8. The van der Waals surface area contributed by atoms with Crippen molar-refractivity contribution in [2.24, 2.45) is 0 Å². The van der Waals surface area contributed by atoms with E-state index in [0.717, 1.165) is 25.7 Å². The largest absolute Gasteiger partial charge is 0.480 e. The van der Waals surface area contributed by atoms with Gasteiger partial charge in [0, 0.05) is 18.8 Å². The van der Waals surface area contributed by atoms with Crippen molar-refractivity contribution < 1.29 is 19.5 Å². The smallest absolute Gasteiger partial charge is 0.329 e. The second-order valence-corrected chi connectivity index (χ2v) is 7.21. The van der Waals surface area contributed by atoms with E-state index >= 15 is 0 Å². The summed E-state index contributed by atoms with van der Waals surface area (Å²) in [7, 11) is 0. The number of carbonyl (C=O) groups excluding carboxylic acids is 2. The molecule has 140 valence electrons. The Kier molecular flexibility index (Phi) is 5.36. The van der Waals surface area contributed by atoms with Crippen molar-refractivity contribution in [3.63, 3.8) is 0 Å². The Morgan fingerprint density at radius 2 is 1.88 bits per heavy atom. The number of amides is 3. The molecule has 1 aliphatic heterocycles. The highest BCUT2D eigenvalue weighted by molar-refractivity contribution is 6.34. The minimum atomic E-state index is -1.27. The van der Waals surface area contributed by atoms with Crippen molar-refractivity contribution in [2.45, 2.75) is 44.1 Å². The highest BCUT2D eigenvalue weighted by Crippen LogP contribution is 2.30. The van der Waals surface area contributed by atoms with E-state index in [-0.39, 0.29) is 16.6 Å². The van der Waals surface area contributed by atoms with Crippen LogP contribution in [0.3, 0.4) is 0 Å². The summed E-state index contributed by atoms with van der Waals surface area (Å²) in [6, 6.07) is 4.53. The number of carboxylic acids is 1. The highest BCUT2D eigenvalue weighted by atomic mass is 35.5. The monoisotopic (exact) mass is 379 g/mol. The number of hydrogen-bond donors (Lipinski definition) is 3. The van der Waals surface area contributed by atoms with Gasteiger partial charge in [-0.2, -0.15) is 0 Å². The first kappa shape index (κ1) is 18.5. The van der Waals surface area contributed by atoms with Crippen LogP contribution in [0.2, 0.25) is 5.02 Å². The molecule has 1 aliphatic carbocycles. The molecule has 1 saturated carbocycles. The zero-order valence-electron chi connectivity index (χ0n) is 14.4. The molecule has 0 aromatic heterocycles. The first-order valence-electron chi connectivity index (χ1n) is 8.84. The van der Waals surface area contributed by atoms with Crippen molar-refractivity contribution >= 4 is 35.2 Å². The summed E-state index contributed by atoms with van der Waals surface area (Å²) >= 11 is 6.18. The number of carboxylic acid groups (broad SMARTS) is 1. The Labute approximate surface area is 156 Å². The molecule has 26 heavy (non-hydrogen) atoms. The van der Waals surface area contributed by atoms with Gasteiger partial charge in [-0.3, -0.25) is 9.69 Å². The van der Waals surface area contributed by atoms with Gasteiger partial charge in [0.15, 0.2) is 0 Å². The zero-order chi connectivity index (χ0) is 18.7. The SMILES string of the molecule is O=C(NC1(C(=O)O)CCCCCC1)c1cc(N2CCNC2=O)ccc1Cl. The molecule has 0 atom stereocenters. The number of hydrogen-bond acceptors (Lipinski definition) is 3. The molecule has 2 aliphatic rings. The number of aliphatic carboxylic acids is 1. The molecule has 3 rings (SSSR count). The second-order valence-electron chi connectivity index (χ2n) is 6.80. The van der Waals surface area contributed by atoms with Crippen LogP contribution in [0.1, 0.15) is 48.9 Å². The number of halogens is 1. The molecule has 1 saturated heterocycles. The van der Waals surface area contributed by atoms with E-state index in [1.54, 1.807) is 12.1 Å². The molecule has 0 bridgehead atoms. The lowest BCUT2D eigenvalue weighted by atomic mass is 9.89. The van der Waals surface area contributed by atoms with Gasteiger partial charge >= 0.3 is 12.0 Å². The van der Waals surface area contributed by atoms with Gasteiger partial charge in [0.1, 0.15) is 5.54 Å². The van der Waals surface area contributed by atoms with Crippen LogP contribution in [0.5, 0.6) is 0 Å². The molecule has 0 radical (unpaired) electrons. The standard InChI is InChI=1S/C18H22ClN3O4/c19-14-6-5-12(22-10-9-20-17(22)26)11-13(14)15(23)21-18(16(24)25)7-3-1-2-4-8-18/h5-6,11H,1-4,7-10H2,(H,20,26)(H,21,23)(H,24,25). The number of nitrogens with zero attached hydrogens (tertiary/aromatic N) is 1. The first-order chi connectivity index (χ1) is 12.4. The minimum Gasteiger partial charge on any atom is -0.480 e.